The maximum absolute atomic E-state index is 13.9. The third-order valence-electron chi connectivity index (χ3n) is 2.68. The molecule has 18 heavy (non-hydrogen) atoms. The van der Waals surface area contributed by atoms with E-state index < -0.39 is 0 Å². The van der Waals surface area contributed by atoms with Gasteiger partial charge in [0.15, 0.2) is 11.5 Å². The van der Waals surface area contributed by atoms with Crippen molar-refractivity contribution in [3.8, 4) is 11.5 Å². The van der Waals surface area contributed by atoms with E-state index in [2.05, 4.69) is 11.9 Å². The SMILES string of the molecule is C=C(C)CNC(C)c1cc(OC)c(OC)cc1F. The van der Waals surface area contributed by atoms with Crippen LogP contribution in [0.4, 0.5) is 4.39 Å². The van der Waals surface area contributed by atoms with Gasteiger partial charge in [-0.1, -0.05) is 12.2 Å². The Hall–Kier alpha value is -1.55. The van der Waals surface area contributed by atoms with Crippen molar-refractivity contribution in [3.63, 3.8) is 0 Å². The molecule has 1 atom stereocenters. The Morgan fingerprint density at radius 3 is 2.39 bits per heavy atom. The Morgan fingerprint density at radius 1 is 1.33 bits per heavy atom. The van der Waals surface area contributed by atoms with E-state index in [0.717, 1.165) is 5.57 Å². The van der Waals surface area contributed by atoms with Gasteiger partial charge in [-0.3, -0.25) is 0 Å². The van der Waals surface area contributed by atoms with Crippen molar-refractivity contribution in [2.75, 3.05) is 20.8 Å². The number of nitrogens with one attached hydrogen (secondary N) is 1. The first-order valence-electron chi connectivity index (χ1n) is 5.78. The molecule has 0 aromatic heterocycles. The first-order valence-corrected chi connectivity index (χ1v) is 5.78. The number of benzene rings is 1. The first kappa shape index (κ1) is 14.5. The molecular weight excluding hydrogens is 233 g/mol. The van der Waals surface area contributed by atoms with Gasteiger partial charge >= 0.3 is 0 Å². The molecule has 0 saturated heterocycles. The van der Waals surface area contributed by atoms with Crippen LogP contribution in [-0.4, -0.2) is 20.8 Å². The van der Waals surface area contributed by atoms with Gasteiger partial charge in [-0.2, -0.15) is 0 Å². The number of halogens is 1. The summed E-state index contributed by atoms with van der Waals surface area (Å²) in [7, 11) is 3.02. The van der Waals surface area contributed by atoms with Crippen molar-refractivity contribution >= 4 is 0 Å². The fraction of sp³-hybridized carbons (Fsp3) is 0.429. The summed E-state index contributed by atoms with van der Waals surface area (Å²) in [4.78, 5) is 0. The molecule has 0 aliphatic carbocycles. The van der Waals surface area contributed by atoms with Crippen molar-refractivity contribution in [3.05, 3.63) is 35.7 Å². The fourth-order valence-corrected chi connectivity index (χ4v) is 1.64. The Labute approximate surface area is 108 Å². The number of hydrogen-bond donors (Lipinski definition) is 1. The molecule has 1 rings (SSSR count). The predicted molar refractivity (Wildman–Crippen MR) is 70.7 cm³/mol. The van der Waals surface area contributed by atoms with Crippen molar-refractivity contribution < 1.29 is 13.9 Å². The molecule has 1 aromatic rings. The lowest BCUT2D eigenvalue weighted by Crippen LogP contribution is -2.21. The third-order valence-corrected chi connectivity index (χ3v) is 2.68. The van der Waals surface area contributed by atoms with E-state index in [1.165, 1.54) is 20.3 Å². The summed E-state index contributed by atoms with van der Waals surface area (Å²) in [5.41, 5.74) is 1.55. The van der Waals surface area contributed by atoms with E-state index in [4.69, 9.17) is 9.47 Å². The van der Waals surface area contributed by atoms with Gasteiger partial charge in [0.25, 0.3) is 0 Å². The van der Waals surface area contributed by atoms with Crippen LogP contribution in [0, 0.1) is 5.82 Å². The van der Waals surface area contributed by atoms with Crippen LogP contribution >= 0.6 is 0 Å². The molecular formula is C14H20FNO2. The predicted octanol–water partition coefficient (Wildman–Crippen LogP) is 3.07. The molecule has 1 unspecified atom stereocenters. The minimum Gasteiger partial charge on any atom is -0.493 e. The summed E-state index contributed by atoms with van der Waals surface area (Å²) in [5.74, 6) is 0.609. The van der Waals surface area contributed by atoms with Gasteiger partial charge in [0.1, 0.15) is 5.82 Å². The van der Waals surface area contributed by atoms with Crippen LogP contribution in [0.5, 0.6) is 11.5 Å². The zero-order valence-electron chi connectivity index (χ0n) is 11.3. The van der Waals surface area contributed by atoms with Gasteiger partial charge in [-0.05, 0) is 19.9 Å². The lowest BCUT2D eigenvalue weighted by molar-refractivity contribution is 0.350. The molecule has 0 saturated carbocycles. The molecule has 0 aliphatic rings. The largest absolute Gasteiger partial charge is 0.493 e. The monoisotopic (exact) mass is 253 g/mol. The Morgan fingerprint density at radius 2 is 1.89 bits per heavy atom. The average molecular weight is 253 g/mol. The van der Waals surface area contributed by atoms with E-state index in [1.54, 1.807) is 6.07 Å². The van der Waals surface area contributed by atoms with Gasteiger partial charge in [0.2, 0.25) is 0 Å². The molecule has 0 amide bonds. The van der Waals surface area contributed by atoms with E-state index >= 15 is 0 Å². The van der Waals surface area contributed by atoms with Gasteiger partial charge in [-0.15, -0.1) is 0 Å². The lowest BCUT2D eigenvalue weighted by atomic mass is 10.1. The number of rotatable bonds is 6. The molecule has 0 bridgehead atoms. The smallest absolute Gasteiger partial charge is 0.163 e. The molecule has 0 fully saturated rings. The Bertz CT molecular complexity index is 432. The molecule has 0 spiro atoms. The minimum absolute atomic E-state index is 0.124. The molecule has 0 heterocycles. The molecule has 3 nitrogen and oxygen atoms in total. The molecule has 100 valence electrons. The molecule has 1 aromatic carbocycles. The maximum Gasteiger partial charge on any atom is 0.163 e. The van der Waals surface area contributed by atoms with E-state index in [-0.39, 0.29) is 11.9 Å². The number of hydrogen-bond acceptors (Lipinski definition) is 3. The van der Waals surface area contributed by atoms with Crippen LogP contribution in [0.2, 0.25) is 0 Å². The zero-order valence-corrected chi connectivity index (χ0v) is 11.3. The topological polar surface area (TPSA) is 30.5 Å². The number of ether oxygens (including phenoxy) is 2. The second-order valence-corrected chi connectivity index (χ2v) is 4.29. The summed E-state index contributed by atoms with van der Waals surface area (Å²) in [6.45, 7) is 8.27. The highest BCUT2D eigenvalue weighted by molar-refractivity contribution is 5.44. The van der Waals surface area contributed by atoms with Crippen molar-refractivity contribution in [1.29, 1.82) is 0 Å². The standard InChI is InChI=1S/C14H20FNO2/c1-9(2)8-16-10(3)11-6-13(17-4)14(18-5)7-12(11)15/h6-7,10,16H,1,8H2,2-5H3. The second kappa shape index (κ2) is 6.40. The average Bonchev–Trinajstić information content (AvgIpc) is 2.35. The normalized spacial score (nSPS) is 12.1. The van der Waals surface area contributed by atoms with Crippen molar-refractivity contribution in [1.82, 2.24) is 5.32 Å². The van der Waals surface area contributed by atoms with Crippen LogP contribution in [-0.2, 0) is 0 Å². The van der Waals surface area contributed by atoms with Crippen LogP contribution in [0.1, 0.15) is 25.5 Å². The van der Waals surface area contributed by atoms with Gasteiger partial charge < -0.3 is 14.8 Å². The molecule has 0 aliphatic heterocycles. The summed E-state index contributed by atoms with van der Waals surface area (Å²) in [6, 6.07) is 2.87. The van der Waals surface area contributed by atoms with Gasteiger partial charge in [0, 0.05) is 24.2 Å². The fourth-order valence-electron chi connectivity index (χ4n) is 1.64. The second-order valence-electron chi connectivity index (χ2n) is 4.29. The summed E-state index contributed by atoms with van der Waals surface area (Å²) < 4.78 is 24.2. The summed E-state index contributed by atoms with van der Waals surface area (Å²) in [6.07, 6.45) is 0. The van der Waals surface area contributed by atoms with Gasteiger partial charge in [-0.25, -0.2) is 4.39 Å². The quantitative estimate of drug-likeness (QED) is 0.790. The van der Waals surface area contributed by atoms with E-state index in [0.29, 0.717) is 23.6 Å². The molecule has 1 N–H and O–H groups in total. The van der Waals surface area contributed by atoms with E-state index in [1.807, 2.05) is 13.8 Å². The minimum atomic E-state index is -0.311. The van der Waals surface area contributed by atoms with Crippen LogP contribution < -0.4 is 14.8 Å². The third kappa shape index (κ3) is 3.47. The molecule has 0 radical (unpaired) electrons. The van der Waals surface area contributed by atoms with Crippen molar-refractivity contribution in [2.45, 2.75) is 19.9 Å². The summed E-state index contributed by atoms with van der Waals surface area (Å²) >= 11 is 0. The van der Waals surface area contributed by atoms with Crippen LogP contribution in [0.25, 0.3) is 0 Å². The highest BCUT2D eigenvalue weighted by Crippen LogP contribution is 2.32. The summed E-state index contributed by atoms with van der Waals surface area (Å²) in [5, 5.41) is 3.19. The van der Waals surface area contributed by atoms with Crippen molar-refractivity contribution in [2.24, 2.45) is 0 Å². The Balaban J connectivity index is 2.97. The first-order chi connectivity index (χ1) is 8.49. The molecule has 4 heteroatoms. The maximum atomic E-state index is 13.9. The van der Waals surface area contributed by atoms with Crippen LogP contribution in [0.15, 0.2) is 24.3 Å². The highest BCUT2D eigenvalue weighted by Gasteiger charge is 2.15. The highest BCUT2D eigenvalue weighted by atomic mass is 19.1. The number of methoxy groups -OCH3 is 2. The lowest BCUT2D eigenvalue weighted by Gasteiger charge is -2.17. The van der Waals surface area contributed by atoms with Crippen LogP contribution in [0.3, 0.4) is 0 Å². The zero-order chi connectivity index (χ0) is 13.7. The van der Waals surface area contributed by atoms with Gasteiger partial charge in [0.05, 0.1) is 14.2 Å². The van der Waals surface area contributed by atoms with E-state index in [9.17, 15) is 4.39 Å². The Kier molecular flexibility index (Phi) is 5.16.